The number of ether oxygens (including phenoxy) is 2. The van der Waals surface area contributed by atoms with E-state index in [2.05, 4.69) is 10.2 Å². The summed E-state index contributed by atoms with van der Waals surface area (Å²) < 4.78 is 19.3. The van der Waals surface area contributed by atoms with E-state index in [4.69, 9.17) is 13.9 Å². The predicted molar refractivity (Wildman–Crippen MR) is 107 cm³/mol. The topological polar surface area (TPSA) is 82.6 Å². The third-order valence-corrected chi connectivity index (χ3v) is 5.65. The Bertz CT molecular complexity index is 1030. The number of morpholine rings is 1. The van der Waals surface area contributed by atoms with Crippen molar-refractivity contribution in [1.82, 2.24) is 14.8 Å². The molecule has 28 heavy (non-hydrogen) atoms. The van der Waals surface area contributed by atoms with Crippen molar-refractivity contribution in [2.75, 3.05) is 43.6 Å². The molecular weight excluding hydrogens is 380 g/mol. The summed E-state index contributed by atoms with van der Waals surface area (Å²) in [5.74, 6) is 2.04. The van der Waals surface area contributed by atoms with Crippen LogP contribution in [0.1, 0.15) is 5.56 Å². The van der Waals surface area contributed by atoms with Gasteiger partial charge in [-0.2, -0.15) is 0 Å². The summed E-state index contributed by atoms with van der Waals surface area (Å²) in [7, 11) is 1.91. The van der Waals surface area contributed by atoms with Gasteiger partial charge in [0.25, 0.3) is 0 Å². The lowest BCUT2D eigenvalue weighted by Crippen LogP contribution is -2.36. The Kier molecular flexibility index (Phi) is 5.54. The minimum Gasteiger partial charge on any atom is -0.492 e. The molecule has 1 aliphatic rings. The first kappa shape index (κ1) is 18.8. The molecule has 8 nitrogen and oxygen atoms in total. The highest BCUT2D eigenvalue weighted by atomic mass is 32.2. The van der Waals surface area contributed by atoms with Crippen molar-refractivity contribution in [3.8, 4) is 5.75 Å². The molecule has 0 spiro atoms. The van der Waals surface area contributed by atoms with Crippen molar-refractivity contribution in [1.29, 1.82) is 0 Å². The van der Waals surface area contributed by atoms with Crippen LogP contribution in [-0.2, 0) is 11.8 Å². The van der Waals surface area contributed by atoms with Gasteiger partial charge in [0.2, 0.25) is 0 Å². The number of fused-ring (bicyclic) bond motifs is 1. The fourth-order valence-corrected chi connectivity index (χ4v) is 3.81. The molecule has 0 unspecified atom stereocenters. The van der Waals surface area contributed by atoms with Gasteiger partial charge in [-0.1, -0.05) is 11.8 Å². The Morgan fingerprint density at radius 1 is 1.29 bits per heavy atom. The number of rotatable bonds is 6. The summed E-state index contributed by atoms with van der Waals surface area (Å²) >= 11 is 1.58. The van der Waals surface area contributed by atoms with E-state index in [-0.39, 0.29) is 5.43 Å². The quantitative estimate of drug-likeness (QED) is 0.459. The highest BCUT2D eigenvalue weighted by molar-refractivity contribution is 7.99. The van der Waals surface area contributed by atoms with Crippen molar-refractivity contribution in [2.45, 2.75) is 12.1 Å². The first-order valence-electron chi connectivity index (χ1n) is 9.13. The van der Waals surface area contributed by atoms with Gasteiger partial charge in [0.15, 0.2) is 16.5 Å². The van der Waals surface area contributed by atoms with Gasteiger partial charge in [0.1, 0.15) is 17.7 Å². The molecule has 0 saturated carbocycles. The van der Waals surface area contributed by atoms with Crippen LogP contribution in [0.5, 0.6) is 5.75 Å². The van der Waals surface area contributed by atoms with Crippen LogP contribution < -0.4 is 15.1 Å². The molecule has 1 aromatic carbocycles. The molecule has 4 rings (SSSR count). The molecule has 0 atom stereocenters. The van der Waals surface area contributed by atoms with Crippen molar-refractivity contribution in [3.05, 3.63) is 40.3 Å². The molecule has 2 aromatic heterocycles. The van der Waals surface area contributed by atoms with Gasteiger partial charge in [-0.05, 0) is 19.1 Å². The van der Waals surface area contributed by atoms with Crippen LogP contribution in [0.2, 0.25) is 0 Å². The van der Waals surface area contributed by atoms with Gasteiger partial charge in [0.05, 0.1) is 25.2 Å². The minimum atomic E-state index is -0.0461. The summed E-state index contributed by atoms with van der Waals surface area (Å²) in [4.78, 5) is 14.6. The molecule has 0 radical (unpaired) electrons. The van der Waals surface area contributed by atoms with Crippen molar-refractivity contribution < 1.29 is 13.9 Å². The number of hydrogen-bond acceptors (Lipinski definition) is 8. The average Bonchev–Trinajstić information content (AvgIpc) is 3.12. The summed E-state index contributed by atoms with van der Waals surface area (Å²) in [5, 5.41) is 9.31. The Morgan fingerprint density at radius 3 is 2.86 bits per heavy atom. The first-order valence-corrected chi connectivity index (χ1v) is 10.1. The Balaban J connectivity index is 1.51. The summed E-state index contributed by atoms with van der Waals surface area (Å²) in [6, 6.07) is 5.16. The molecule has 3 aromatic rings. The highest BCUT2D eigenvalue weighted by Crippen LogP contribution is 2.29. The largest absolute Gasteiger partial charge is 0.492 e. The number of nitrogens with zero attached hydrogens (tertiary/aromatic N) is 4. The SMILES string of the molecule is Cc1c(OCCSc2nncn2C)ccc2c(=O)cc(N3CCOCC3)oc12. The maximum atomic E-state index is 12.6. The third-order valence-electron chi connectivity index (χ3n) is 4.65. The van der Waals surface area contributed by atoms with E-state index in [0.29, 0.717) is 55.5 Å². The van der Waals surface area contributed by atoms with Gasteiger partial charge < -0.3 is 23.4 Å². The molecule has 1 aliphatic heterocycles. The molecule has 148 valence electrons. The second-order valence-corrected chi connectivity index (χ2v) is 7.60. The van der Waals surface area contributed by atoms with Crippen LogP contribution in [0.15, 0.2) is 38.9 Å². The maximum Gasteiger partial charge on any atom is 0.200 e. The molecule has 0 bridgehead atoms. The Hall–Kier alpha value is -2.52. The summed E-state index contributed by atoms with van der Waals surface area (Å²) in [5.41, 5.74) is 1.36. The molecule has 0 amide bonds. The van der Waals surface area contributed by atoms with Crippen LogP contribution in [0.3, 0.4) is 0 Å². The van der Waals surface area contributed by atoms with Gasteiger partial charge in [-0.25, -0.2) is 0 Å². The van der Waals surface area contributed by atoms with Crippen LogP contribution in [0, 0.1) is 6.92 Å². The Labute approximate surface area is 166 Å². The predicted octanol–water partition coefficient (Wildman–Crippen LogP) is 2.24. The third kappa shape index (κ3) is 3.85. The molecule has 1 saturated heterocycles. The molecular formula is C19H22N4O4S. The lowest BCUT2D eigenvalue weighted by atomic mass is 10.1. The van der Waals surface area contributed by atoms with Gasteiger partial charge >= 0.3 is 0 Å². The van der Waals surface area contributed by atoms with E-state index in [0.717, 1.165) is 16.5 Å². The van der Waals surface area contributed by atoms with Crippen LogP contribution in [-0.4, -0.2) is 53.4 Å². The van der Waals surface area contributed by atoms with Crippen LogP contribution in [0.4, 0.5) is 5.88 Å². The zero-order chi connectivity index (χ0) is 19.5. The minimum absolute atomic E-state index is 0.0461. The van der Waals surface area contributed by atoms with Crippen molar-refractivity contribution in [2.24, 2.45) is 7.05 Å². The molecule has 3 heterocycles. The molecule has 1 fully saturated rings. The van der Waals surface area contributed by atoms with E-state index in [1.807, 2.05) is 29.5 Å². The van der Waals surface area contributed by atoms with E-state index >= 15 is 0 Å². The second kappa shape index (κ2) is 8.24. The molecule has 0 aliphatic carbocycles. The van der Waals surface area contributed by atoms with Gasteiger partial charge in [0, 0.05) is 37.5 Å². The zero-order valence-corrected chi connectivity index (χ0v) is 16.7. The number of aryl methyl sites for hydroxylation is 2. The smallest absolute Gasteiger partial charge is 0.200 e. The fraction of sp³-hybridized carbons (Fsp3) is 0.421. The van der Waals surface area contributed by atoms with E-state index < -0.39 is 0 Å². The lowest BCUT2D eigenvalue weighted by molar-refractivity contribution is 0.121. The normalized spacial score (nSPS) is 14.6. The van der Waals surface area contributed by atoms with E-state index in [9.17, 15) is 4.79 Å². The van der Waals surface area contributed by atoms with Crippen LogP contribution in [0.25, 0.3) is 11.0 Å². The number of hydrogen-bond donors (Lipinski definition) is 0. The first-order chi connectivity index (χ1) is 13.6. The van der Waals surface area contributed by atoms with Crippen molar-refractivity contribution in [3.63, 3.8) is 0 Å². The monoisotopic (exact) mass is 402 g/mol. The number of anilines is 1. The van der Waals surface area contributed by atoms with Gasteiger partial charge in [-0.15, -0.1) is 10.2 Å². The fourth-order valence-electron chi connectivity index (χ4n) is 3.11. The lowest BCUT2D eigenvalue weighted by Gasteiger charge is -2.27. The number of benzene rings is 1. The number of aromatic nitrogens is 3. The molecule has 9 heteroatoms. The average molecular weight is 402 g/mol. The number of thioether (sulfide) groups is 1. The van der Waals surface area contributed by atoms with Crippen molar-refractivity contribution >= 4 is 28.6 Å². The standard InChI is InChI=1S/C19H22N4O4S/c1-13-16(26-9-10-28-19-21-20-12-22(19)2)4-3-14-15(24)11-17(27-18(13)14)23-5-7-25-8-6-23/h3-4,11-12H,5-10H2,1-2H3. The van der Waals surface area contributed by atoms with E-state index in [1.165, 1.54) is 0 Å². The summed E-state index contributed by atoms with van der Waals surface area (Å²) in [6.45, 7) is 5.11. The highest BCUT2D eigenvalue weighted by Gasteiger charge is 2.17. The van der Waals surface area contributed by atoms with Crippen LogP contribution >= 0.6 is 11.8 Å². The Morgan fingerprint density at radius 2 is 2.11 bits per heavy atom. The maximum absolute atomic E-state index is 12.6. The zero-order valence-electron chi connectivity index (χ0n) is 15.9. The summed E-state index contributed by atoms with van der Waals surface area (Å²) in [6.07, 6.45) is 1.67. The second-order valence-electron chi connectivity index (χ2n) is 6.54. The van der Waals surface area contributed by atoms with Gasteiger partial charge in [-0.3, -0.25) is 4.79 Å². The van der Waals surface area contributed by atoms with E-state index in [1.54, 1.807) is 30.2 Å². The molecule has 0 N–H and O–H groups in total.